The number of nitriles is 1. The second-order valence-electron chi connectivity index (χ2n) is 3.74. The summed E-state index contributed by atoms with van der Waals surface area (Å²) in [6.45, 7) is 0. The molecule has 98 valence electrons. The molecule has 1 aliphatic heterocycles. The second kappa shape index (κ2) is 7.39. The van der Waals surface area contributed by atoms with Crippen molar-refractivity contribution in [3.05, 3.63) is 71.2 Å². The largest absolute Gasteiger partial charge is 0.472 e. The van der Waals surface area contributed by atoms with E-state index in [9.17, 15) is 0 Å². The number of allylic oxidation sites excluding steroid dienone is 4. The van der Waals surface area contributed by atoms with Crippen molar-refractivity contribution in [2.75, 3.05) is 0 Å². The molecule has 1 aromatic rings. The first-order valence-corrected chi connectivity index (χ1v) is 5.93. The van der Waals surface area contributed by atoms with Crippen LogP contribution in [-0.2, 0) is 9.47 Å². The van der Waals surface area contributed by atoms with Gasteiger partial charge in [-0.1, -0.05) is 30.3 Å². The van der Waals surface area contributed by atoms with E-state index in [1.54, 1.807) is 37.0 Å². The van der Waals surface area contributed by atoms with Gasteiger partial charge < -0.3 is 9.47 Å². The van der Waals surface area contributed by atoms with Crippen LogP contribution in [0.2, 0.25) is 0 Å². The fraction of sp³-hybridized carbons (Fsp3) is 0. The summed E-state index contributed by atoms with van der Waals surface area (Å²) in [6, 6.07) is 9.45. The Kier molecular flexibility index (Phi) is 4.94. The van der Waals surface area contributed by atoms with Crippen LogP contribution in [0.3, 0.4) is 0 Å². The molecule has 0 fully saturated rings. The number of aliphatic imine (C=N–C) groups is 1. The Morgan fingerprint density at radius 2 is 1.80 bits per heavy atom. The van der Waals surface area contributed by atoms with E-state index in [-0.39, 0.29) is 5.76 Å². The maximum Gasteiger partial charge on any atom is 0.221 e. The standard InChI is InChI=1S/C16H12N2O2/c17-10-16-11-18-8-4-1-5-9-19-12-14-6-2-3-7-15(14)13-20-16/h1-9,11-13H. The maximum atomic E-state index is 8.95. The fourth-order valence-corrected chi connectivity index (χ4v) is 1.42. The maximum absolute atomic E-state index is 8.95. The van der Waals surface area contributed by atoms with Gasteiger partial charge in [0.1, 0.15) is 12.3 Å². The zero-order valence-corrected chi connectivity index (χ0v) is 10.6. The lowest BCUT2D eigenvalue weighted by Gasteiger charge is -1.96. The first-order chi connectivity index (χ1) is 9.90. The molecular weight excluding hydrogens is 252 g/mol. The Bertz CT molecular complexity index is 734. The monoisotopic (exact) mass is 264 g/mol. The van der Waals surface area contributed by atoms with Crippen molar-refractivity contribution in [1.29, 1.82) is 5.26 Å². The average molecular weight is 264 g/mol. The summed E-state index contributed by atoms with van der Waals surface area (Å²) in [5, 5.41) is 10.6. The molecule has 0 saturated heterocycles. The van der Waals surface area contributed by atoms with Gasteiger partial charge in [-0.3, -0.25) is 4.99 Å². The van der Waals surface area contributed by atoms with Crippen LogP contribution in [0.1, 0.15) is 0 Å². The Morgan fingerprint density at radius 1 is 1.00 bits per heavy atom. The van der Waals surface area contributed by atoms with Crippen LogP contribution in [0.15, 0.2) is 65.7 Å². The zero-order valence-electron chi connectivity index (χ0n) is 10.6. The molecule has 1 aliphatic rings. The molecule has 4 nitrogen and oxygen atoms in total. The molecule has 0 aromatic heterocycles. The van der Waals surface area contributed by atoms with Crippen molar-refractivity contribution < 1.29 is 9.47 Å². The normalized spacial score (nSPS) is 14.2. The first-order valence-electron chi connectivity index (χ1n) is 5.93. The molecule has 0 radical (unpaired) electrons. The molecule has 0 bridgehead atoms. The minimum atomic E-state index is 0.109. The van der Waals surface area contributed by atoms with Crippen LogP contribution in [0, 0.1) is 11.3 Å². The van der Waals surface area contributed by atoms with Crippen molar-refractivity contribution in [3.8, 4) is 6.07 Å². The summed E-state index contributed by atoms with van der Waals surface area (Å²) >= 11 is 0. The molecule has 0 saturated carbocycles. The summed E-state index contributed by atoms with van der Waals surface area (Å²) in [4.78, 5) is 3.94. The van der Waals surface area contributed by atoms with Gasteiger partial charge in [-0.25, -0.2) is 0 Å². The number of benzene rings is 1. The Labute approximate surface area is 116 Å². The fourth-order valence-electron chi connectivity index (χ4n) is 1.42. The molecule has 0 atom stereocenters. The topological polar surface area (TPSA) is 54.6 Å². The lowest BCUT2D eigenvalue weighted by atomic mass is 10.2. The number of nitrogens with zero attached hydrogens (tertiary/aromatic N) is 2. The lowest BCUT2D eigenvalue weighted by Crippen LogP contribution is -2.24. The van der Waals surface area contributed by atoms with E-state index in [2.05, 4.69) is 4.99 Å². The predicted octanol–water partition coefficient (Wildman–Crippen LogP) is 1.72. The molecule has 20 heavy (non-hydrogen) atoms. The molecule has 0 unspecified atom stereocenters. The molecule has 2 rings (SSSR count). The molecule has 1 aromatic carbocycles. The summed E-state index contributed by atoms with van der Waals surface area (Å²) in [7, 11) is 0. The smallest absolute Gasteiger partial charge is 0.221 e. The highest BCUT2D eigenvalue weighted by Crippen LogP contribution is 1.96. The predicted molar refractivity (Wildman–Crippen MR) is 77.3 cm³/mol. The van der Waals surface area contributed by atoms with Gasteiger partial charge in [-0.15, -0.1) is 0 Å². The van der Waals surface area contributed by atoms with Gasteiger partial charge in [-0.05, 0) is 12.2 Å². The van der Waals surface area contributed by atoms with Crippen LogP contribution >= 0.6 is 0 Å². The van der Waals surface area contributed by atoms with Gasteiger partial charge in [-0.2, -0.15) is 5.26 Å². The van der Waals surface area contributed by atoms with Crippen LogP contribution in [-0.4, -0.2) is 6.21 Å². The van der Waals surface area contributed by atoms with Gasteiger partial charge in [0.2, 0.25) is 5.76 Å². The van der Waals surface area contributed by atoms with E-state index in [1.807, 2.05) is 30.3 Å². The van der Waals surface area contributed by atoms with Crippen molar-refractivity contribution in [2.45, 2.75) is 0 Å². The minimum Gasteiger partial charge on any atom is -0.472 e. The number of hydrogen-bond donors (Lipinski definition) is 0. The van der Waals surface area contributed by atoms with Crippen LogP contribution in [0.4, 0.5) is 0 Å². The van der Waals surface area contributed by atoms with E-state index >= 15 is 0 Å². The zero-order chi connectivity index (χ0) is 14.0. The molecule has 0 amide bonds. The van der Waals surface area contributed by atoms with Crippen LogP contribution in [0.25, 0.3) is 12.5 Å². The van der Waals surface area contributed by atoms with Gasteiger partial charge >= 0.3 is 0 Å². The van der Waals surface area contributed by atoms with Gasteiger partial charge in [0.25, 0.3) is 0 Å². The van der Waals surface area contributed by atoms with Crippen LogP contribution in [0.5, 0.6) is 0 Å². The van der Waals surface area contributed by atoms with E-state index in [1.165, 1.54) is 12.5 Å². The van der Waals surface area contributed by atoms with Gasteiger partial charge in [0, 0.05) is 16.7 Å². The third-order valence-electron chi connectivity index (χ3n) is 2.36. The van der Waals surface area contributed by atoms with Crippen molar-refractivity contribution >= 4 is 18.7 Å². The molecule has 0 spiro atoms. The van der Waals surface area contributed by atoms with Gasteiger partial charge in [0.05, 0.1) is 18.7 Å². The van der Waals surface area contributed by atoms with Crippen molar-refractivity contribution in [1.82, 2.24) is 0 Å². The van der Waals surface area contributed by atoms with E-state index in [0.717, 1.165) is 10.4 Å². The van der Waals surface area contributed by atoms with Crippen LogP contribution < -0.4 is 10.4 Å². The summed E-state index contributed by atoms with van der Waals surface area (Å²) in [5.41, 5.74) is 0. The lowest BCUT2D eigenvalue weighted by molar-refractivity contribution is 0.424. The third-order valence-corrected chi connectivity index (χ3v) is 2.36. The highest BCUT2D eigenvalue weighted by atomic mass is 16.5. The van der Waals surface area contributed by atoms with Crippen molar-refractivity contribution in [2.24, 2.45) is 4.99 Å². The second-order valence-corrected chi connectivity index (χ2v) is 3.74. The summed E-state index contributed by atoms with van der Waals surface area (Å²) < 4.78 is 10.6. The van der Waals surface area contributed by atoms with E-state index < -0.39 is 0 Å². The SMILES string of the molecule is N#CC1=CN=CC=CC=COC=c2ccccc2=CO1. The number of hydrogen-bond acceptors (Lipinski definition) is 4. The Morgan fingerprint density at radius 3 is 2.60 bits per heavy atom. The minimum absolute atomic E-state index is 0.109. The number of rotatable bonds is 0. The Balaban J connectivity index is 2.46. The number of ether oxygens (including phenoxy) is 2. The number of fused-ring (bicyclic) bond motifs is 1. The first kappa shape index (κ1) is 13.4. The van der Waals surface area contributed by atoms with E-state index in [4.69, 9.17) is 14.7 Å². The summed E-state index contributed by atoms with van der Waals surface area (Å²) in [6.07, 6.45) is 12.8. The molecule has 4 heteroatoms. The van der Waals surface area contributed by atoms with E-state index in [0.29, 0.717) is 0 Å². The highest BCUT2D eigenvalue weighted by molar-refractivity contribution is 5.72. The quantitative estimate of drug-likeness (QED) is 0.717. The molecule has 0 N–H and O–H groups in total. The van der Waals surface area contributed by atoms with Crippen molar-refractivity contribution in [3.63, 3.8) is 0 Å². The van der Waals surface area contributed by atoms with Gasteiger partial charge in [0.15, 0.2) is 0 Å². The third kappa shape index (κ3) is 4.00. The molecular formula is C16H12N2O2. The summed E-state index contributed by atoms with van der Waals surface area (Å²) in [5.74, 6) is 0.109. The molecule has 1 heterocycles. The average Bonchev–Trinajstić information content (AvgIpc) is 2.49. The molecule has 0 aliphatic carbocycles. The highest BCUT2D eigenvalue weighted by Gasteiger charge is 1.92. The Hall–Kier alpha value is -3.06.